The second kappa shape index (κ2) is 9.76. The SMILES string of the molecule is Cc1cc(OC(C)C(=O)Nc2ccccc2C(=O)NCC2CCCO2)ccc1Cl. The number of nitrogens with one attached hydrogen (secondary N) is 2. The van der Waals surface area contributed by atoms with Gasteiger partial charge in [-0.3, -0.25) is 9.59 Å². The number of ether oxygens (including phenoxy) is 2. The fraction of sp³-hybridized carbons (Fsp3) is 0.364. The standard InChI is InChI=1S/C22H25ClN2O4/c1-14-12-16(9-10-19(14)23)29-15(2)21(26)25-20-8-4-3-7-18(20)22(27)24-13-17-6-5-11-28-17/h3-4,7-10,12,15,17H,5-6,11,13H2,1-2H3,(H,24,27)(H,25,26). The van der Waals surface area contributed by atoms with Crippen molar-refractivity contribution in [3.63, 3.8) is 0 Å². The highest BCUT2D eigenvalue weighted by Gasteiger charge is 2.20. The summed E-state index contributed by atoms with van der Waals surface area (Å²) in [5, 5.41) is 6.30. The normalized spacial score (nSPS) is 16.9. The monoisotopic (exact) mass is 416 g/mol. The Morgan fingerprint density at radius 3 is 2.79 bits per heavy atom. The molecule has 7 heteroatoms. The number of hydrogen-bond donors (Lipinski definition) is 2. The lowest BCUT2D eigenvalue weighted by Gasteiger charge is -2.17. The topological polar surface area (TPSA) is 76.7 Å². The molecule has 0 bridgehead atoms. The molecule has 2 aromatic carbocycles. The van der Waals surface area contributed by atoms with Crippen LogP contribution in [-0.2, 0) is 9.53 Å². The van der Waals surface area contributed by atoms with Gasteiger partial charge in [0, 0.05) is 18.2 Å². The van der Waals surface area contributed by atoms with Crippen molar-refractivity contribution in [2.45, 2.75) is 38.9 Å². The van der Waals surface area contributed by atoms with Crippen LogP contribution in [0.1, 0.15) is 35.7 Å². The molecule has 29 heavy (non-hydrogen) atoms. The molecule has 1 aliphatic rings. The Bertz CT molecular complexity index is 881. The van der Waals surface area contributed by atoms with E-state index in [1.54, 1.807) is 49.4 Å². The molecule has 1 heterocycles. The molecule has 2 aromatic rings. The summed E-state index contributed by atoms with van der Waals surface area (Å²) in [7, 11) is 0. The highest BCUT2D eigenvalue weighted by Crippen LogP contribution is 2.22. The van der Waals surface area contributed by atoms with Gasteiger partial charge in [-0.2, -0.15) is 0 Å². The molecule has 2 unspecified atom stereocenters. The largest absolute Gasteiger partial charge is 0.481 e. The Hall–Kier alpha value is -2.57. The van der Waals surface area contributed by atoms with Crippen LogP contribution in [0.25, 0.3) is 0 Å². The third kappa shape index (κ3) is 5.71. The molecular formula is C22H25ClN2O4. The van der Waals surface area contributed by atoms with E-state index in [1.165, 1.54) is 0 Å². The first-order valence-electron chi connectivity index (χ1n) is 9.66. The summed E-state index contributed by atoms with van der Waals surface area (Å²) < 4.78 is 11.2. The van der Waals surface area contributed by atoms with Crippen molar-refractivity contribution < 1.29 is 19.1 Å². The van der Waals surface area contributed by atoms with E-state index in [-0.39, 0.29) is 17.9 Å². The number of carbonyl (C=O) groups excluding carboxylic acids is 2. The molecule has 1 aliphatic heterocycles. The number of hydrogen-bond acceptors (Lipinski definition) is 4. The highest BCUT2D eigenvalue weighted by atomic mass is 35.5. The van der Waals surface area contributed by atoms with Crippen LogP contribution in [0.3, 0.4) is 0 Å². The van der Waals surface area contributed by atoms with Crippen molar-refractivity contribution in [2.24, 2.45) is 0 Å². The number of benzene rings is 2. The molecule has 2 N–H and O–H groups in total. The van der Waals surface area contributed by atoms with Crippen LogP contribution in [0, 0.1) is 6.92 Å². The first-order valence-corrected chi connectivity index (χ1v) is 10.0. The maximum atomic E-state index is 12.6. The molecule has 2 amide bonds. The predicted molar refractivity (Wildman–Crippen MR) is 113 cm³/mol. The van der Waals surface area contributed by atoms with Crippen molar-refractivity contribution in [1.29, 1.82) is 0 Å². The summed E-state index contributed by atoms with van der Waals surface area (Å²) in [6.45, 7) is 4.71. The number of carbonyl (C=O) groups is 2. The minimum absolute atomic E-state index is 0.0527. The molecule has 1 saturated heterocycles. The quantitative estimate of drug-likeness (QED) is 0.716. The summed E-state index contributed by atoms with van der Waals surface area (Å²) in [5.41, 5.74) is 1.70. The Labute approximate surface area is 175 Å². The summed E-state index contributed by atoms with van der Waals surface area (Å²) in [6.07, 6.45) is 1.26. The van der Waals surface area contributed by atoms with Crippen molar-refractivity contribution in [3.05, 3.63) is 58.6 Å². The van der Waals surface area contributed by atoms with E-state index < -0.39 is 6.10 Å². The van der Waals surface area contributed by atoms with Crippen molar-refractivity contribution in [1.82, 2.24) is 5.32 Å². The number of aryl methyl sites for hydroxylation is 1. The van der Waals surface area contributed by atoms with E-state index in [2.05, 4.69) is 10.6 Å². The van der Waals surface area contributed by atoms with Crippen LogP contribution in [-0.4, -0.2) is 37.2 Å². The number of halogens is 1. The molecular weight excluding hydrogens is 392 g/mol. The molecule has 2 atom stereocenters. The second-order valence-electron chi connectivity index (χ2n) is 7.05. The summed E-state index contributed by atoms with van der Waals surface area (Å²) in [6, 6.07) is 12.1. The van der Waals surface area contributed by atoms with Crippen LogP contribution in [0.15, 0.2) is 42.5 Å². The first-order chi connectivity index (χ1) is 13.9. The maximum Gasteiger partial charge on any atom is 0.265 e. The van der Waals surface area contributed by atoms with Gasteiger partial charge in [0.25, 0.3) is 11.8 Å². The summed E-state index contributed by atoms with van der Waals surface area (Å²) in [4.78, 5) is 25.2. The van der Waals surface area contributed by atoms with Gasteiger partial charge in [-0.15, -0.1) is 0 Å². The van der Waals surface area contributed by atoms with Gasteiger partial charge in [-0.05, 0) is 62.6 Å². The van der Waals surface area contributed by atoms with Crippen LogP contribution in [0.2, 0.25) is 5.02 Å². The average Bonchev–Trinajstić information content (AvgIpc) is 3.23. The lowest BCUT2D eigenvalue weighted by atomic mass is 10.1. The van der Waals surface area contributed by atoms with Crippen LogP contribution >= 0.6 is 11.6 Å². The minimum Gasteiger partial charge on any atom is -0.481 e. The summed E-state index contributed by atoms with van der Waals surface area (Å²) >= 11 is 6.02. The number of amides is 2. The molecule has 1 fully saturated rings. The van der Waals surface area contributed by atoms with Crippen molar-refractivity contribution in [2.75, 3.05) is 18.5 Å². The Morgan fingerprint density at radius 1 is 1.28 bits per heavy atom. The van der Waals surface area contributed by atoms with Crippen molar-refractivity contribution >= 4 is 29.1 Å². The minimum atomic E-state index is -0.751. The third-order valence-electron chi connectivity index (χ3n) is 4.76. The molecule has 0 aliphatic carbocycles. The Morgan fingerprint density at radius 2 is 2.07 bits per heavy atom. The van der Waals surface area contributed by atoms with Gasteiger partial charge in [-0.1, -0.05) is 23.7 Å². The lowest BCUT2D eigenvalue weighted by molar-refractivity contribution is -0.122. The van der Waals surface area contributed by atoms with Gasteiger partial charge in [-0.25, -0.2) is 0 Å². The summed E-state index contributed by atoms with van der Waals surface area (Å²) in [5.74, 6) is -0.0487. The van der Waals surface area contributed by atoms with Crippen molar-refractivity contribution in [3.8, 4) is 5.75 Å². The van der Waals surface area contributed by atoms with Gasteiger partial charge in [0.15, 0.2) is 6.10 Å². The molecule has 0 saturated carbocycles. The first kappa shape index (κ1) is 21.1. The maximum absolute atomic E-state index is 12.6. The van der Waals surface area contributed by atoms with Gasteiger partial charge in [0.05, 0.1) is 17.4 Å². The highest BCUT2D eigenvalue weighted by molar-refractivity contribution is 6.31. The number of rotatable bonds is 7. The lowest BCUT2D eigenvalue weighted by Crippen LogP contribution is -2.34. The Kier molecular flexibility index (Phi) is 7.12. The van der Waals surface area contributed by atoms with Gasteiger partial charge in [0.1, 0.15) is 5.75 Å². The van der Waals surface area contributed by atoms with E-state index in [1.807, 2.05) is 6.92 Å². The number of anilines is 1. The fourth-order valence-electron chi connectivity index (χ4n) is 3.08. The molecule has 0 radical (unpaired) electrons. The Balaban J connectivity index is 1.61. The zero-order valence-electron chi connectivity index (χ0n) is 16.5. The van der Waals surface area contributed by atoms with E-state index in [4.69, 9.17) is 21.1 Å². The van der Waals surface area contributed by atoms with Crippen LogP contribution in [0.4, 0.5) is 5.69 Å². The van der Waals surface area contributed by atoms with E-state index in [9.17, 15) is 9.59 Å². The third-order valence-corrected chi connectivity index (χ3v) is 5.18. The molecule has 0 aromatic heterocycles. The second-order valence-corrected chi connectivity index (χ2v) is 7.46. The fourth-order valence-corrected chi connectivity index (χ4v) is 3.20. The molecule has 0 spiro atoms. The smallest absolute Gasteiger partial charge is 0.265 e. The van der Waals surface area contributed by atoms with Crippen LogP contribution in [0.5, 0.6) is 5.75 Å². The zero-order chi connectivity index (χ0) is 20.8. The average molecular weight is 417 g/mol. The zero-order valence-corrected chi connectivity index (χ0v) is 17.3. The van der Waals surface area contributed by atoms with E-state index in [0.717, 1.165) is 25.0 Å². The van der Waals surface area contributed by atoms with Gasteiger partial charge in [0.2, 0.25) is 0 Å². The van der Waals surface area contributed by atoms with E-state index in [0.29, 0.717) is 28.6 Å². The van der Waals surface area contributed by atoms with Gasteiger partial charge < -0.3 is 20.1 Å². The van der Waals surface area contributed by atoms with Gasteiger partial charge >= 0.3 is 0 Å². The van der Waals surface area contributed by atoms with E-state index >= 15 is 0 Å². The predicted octanol–water partition coefficient (Wildman–Crippen LogP) is 3.96. The molecule has 3 rings (SSSR count). The van der Waals surface area contributed by atoms with Crippen LogP contribution < -0.4 is 15.4 Å². The molecule has 154 valence electrons. The molecule has 6 nitrogen and oxygen atoms in total. The number of para-hydroxylation sites is 1.